The minimum Gasteiger partial charge on any atom is -0.493 e. The number of para-hydroxylation sites is 2. The highest BCUT2D eigenvalue weighted by Crippen LogP contribution is 2.28. The quantitative estimate of drug-likeness (QED) is 0.378. The summed E-state index contributed by atoms with van der Waals surface area (Å²) in [5, 5.41) is 0. The maximum absolute atomic E-state index is 12.3. The summed E-state index contributed by atoms with van der Waals surface area (Å²) < 4.78 is 23.0. The first-order valence-electron chi connectivity index (χ1n) is 9.70. The Labute approximate surface area is 168 Å². The van der Waals surface area contributed by atoms with Gasteiger partial charge in [-0.2, -0.15) is 0 Å². The molecular formula is C22H25NO6. The Bertz CT molecular complexity index is 1020. The van der Waals surface area contributed by atoms with Crippen molar-refractivity contribution in [2.24, 2.45) is 0 Å². The number of methoxy groups -OCH3 is 1. The molecule has 0 N–H and O–H groups in total. The van der Waals surface area contributed by atoms with Crippen LogP contribution in [0.5, 0.6) is 11.5 Å². The molecule has 0 aliphatic carbocycles. The molecule has 29 heavy (non-hydrogen) atoms. The van der Waals surface area contributed by atoms with E-state index in [1.165, 1.54) is 11.7 Å². The number of hydrogen-bond acceptors (Lipinski definition) is 6. The van der Waals surface area contributed by atoms with Crippen molar-refractivity contribution >= 4 is 17.1 Å². The van der Waals surface area contributed by atoms with Crippen LogP contribution in [0.3, 0.4) is 0 Å². The number of carbonyl (C=O) groups excluding carboxylic acids is 1. The van der Waals surface area contributed by atoms with Crippen LogP contribution >= 0.6 is 0 Å². The molecule has 0 fully saturated rings. The molecule has 0 atom stereocenters. The van der Waals surface area contributed by atoms with Crippen molar-refractivity contribution < 1.29 is 23.4 Å². The van der Waals surface area contributed by atoms with Gasteiger partial charge in [0.05, 0.1) is 31.4 Å². The summed E-state index contributed by atoms with van der Waals surface area (Å²) in [6.07, 6.45) is 2.47. The van der Waals surface area contributed by atoms with Crippen LogP contribution in [0.15, 0.2) is 51.7 Å². The minimum absolute atomic E-state index is 0.182. The molecule has 0 amide bonds. The van der Waals surface area contributed by atoms with E-state index in [9.17, 15) is 9.59 Å². The van der Waals surface area contributed by atoms with E-state index in [-0.39, 0.29) is 6.61 Å². The van der Waals surface area contributed by atoms with Gasteiger partial charge in [0.1, 0.15) is 0 Å². The summed E-state index contributed by atoms with van der Waals surface area (Å²) in [5.41, 5.74) is 1.66. The molecule has 0 saturated heterocycles. The molecule has 0 aliphatic heterocycles. The van der Waals surface area contributed by atoms with Crippen molar-refractivity contribution in [1.29, 1.82) is 0 Å². The largest absolute Gasteiger partial charge is 0.493 e. The molecule has 0 bridgehead atoms. The van der Waals surface area contributed by atoms with E-state index < -0.39 is 11.7 Å². The molecule has 0 saturated carbocycles. The number of fused-ring (bicyclic) bond motifs is 1. The van der Waals surface area contributed by atoms with Crippen LogP contribution in [0.1, 0.15) is 36.5 Å². The summed E-state index contributed by atoms with van der Waals surface area (Å²) in [5.74, 6) is 0.226. The number of esters is 1. The highest BCUT2D eigenvalue weighted by atomic mass is 16.5. The van der Waals surface area contributed by atoms with E-state index in [0.717, 1.165) is 18.4 Å². The molecule has 0 spiro atoms. The average Bonchev–Trinajstić information content (AvgIpc) is 3.06. The molecular weight excluding hydrogens is 374 g/mol. The fraction of sp³-hybridized carbons (Fsp3) is 0.364. The lowest BCUT2D eigenvalue weighted by Gasteiger charge is -2.12. The molecule has 1 aromatic heterocycles. The van der Waals surface area contributed by atoms with Gasteiger partial charge in [-0.25, -0.2) is 9.59 Å². The third-order valence-electron chi connectivity index (χ3n) is 4.49. The molecule has 7 nitrogen and oxygen atoms in total. The van der Waals surface area contributed by atoms with Crippen molar-refractivity contribution in [3.05, 3.63) is 58.6 Å². The zero-order chi connectivity index (χ0) is 20.6. The number of benzene rings is 2. The van der Waals surface area contributed by atoms with Crippen LogP contribution in [-0.2, 0) is 11.3 Å². The van der Waals surface area contributed by atoms with Crippen molar-refractivity contribution in [3.63, 3.8) is 0 Å². The first kappa shape index (κ1) is 20.5. The summed E-state index contributed by atoms with van der Waals surface area (Å²) in [4.78, 5) is 24.3. The zero-order valence-electron chi connectivity index (χ0n) is 16.7. The highest BCUT2D eigenvalue weighted by Gasteiger charge is 2.13. The van der Waals surface area contributed by atoms with Crippen LogP contribution in [0.2, 0.25) is 0 Å². The van der Waals surface area contributed by atoms with Crippen molar-refractivity contribution in [2.45, 2.75) is 32.7 Å². The van der Waals surface area contributed by atoms with Crippen LogP contribution in [0.25, 0.3) is 11.1 Å². The fourth-order valence-corrected chi connectivity index (χ4v) is 2.94. The Morgan fingerprint density at radius 1 is 1.07 bits per heavy atom. The standard InChI is InChI=1S/C22H25NO6/c1-3-4-13-27-19-11-10-16(15-20(19)26-2)21(24)28-14-7-12-23-17-8-5-6-9-18(17)29-22(23)25/h5-6,8-11,15H,3-4,7,12-14H2,1-2H3. The van der Waals surface area contributed by atoms with Crippen molar-refractivity contribution in [2.75, 3.05) is 20.3 Å². The first-order valence-corrected chi connectivity index (χ1v) is 9.70. The van der Waals surface area contributed by atoms with Gasteiger partial charge in [0, 0.05) is 6.54 Å². The first-order chi connectivity index (χ1) is 14.1. The molecule has 2 aromatic carbocycles. The lowest BCUT2D eigenvalue weighted by atomic mass is 10.2. The Morgan fingerprint density at radius 3 is 2.69 bits per heavy atom. The highest BCUT2D eigenvalue weighted by molar-refractivity contribution is 5.90. The number of hydrogen-bond donors (Lipinski definition) is 0. The van der Waals surface area contributed by atoms with Gasteiger partial charge in [0.2, 0.25) is 0 Å². The van der Waals surface area contributed by atoms with Crippen LogP contribution < -0.4 is 15.2 Å². The van der Waals surface area contributed by atoms with E-state index in [1.54, 1.807) is 24.3 Å². The van der Waals surface area contributed by atoms with E-state index >= 15 is 0 Å². The van der Waals surface area contributed by atoms with Gasteiger partial charge >= 0.3 is 11.7 Å². The number of unbranched alkanes of at least 4 members (excludes halogenated alkanes) is 1. The Balaban J connectivity index is 1.55. The van der Waals surface area contributed by atoms with Crippen LogP contribution in [0.4, 0.5) is 0 Å². The molecule has 154 valence electrons. The monoisotopic (exact) mass is 399 g/mol. The number of ether oxygens (including phenoxy) is 3. The maximum atomic E-state index is 12.3. The van der Waals surface area contributed by atoms with E-state index in [4.69, 9.17) is 18.6 Å². The van der Waals surface area contributed by atoms with Gasteiger partial charge in [0.15, 0.2) is 17.1 Å². The fourth-order valence-electron chi connectivity index (χ4n) is 2.94. The average molecular weight is 399 g/mol. The topological polar surface area (TPSA) is 79.9 Å². The lowest BCUT2D eigenvalue weighted by molar-refractivity contribution is 0.0495. The molecule has 3 aromatic rings. The second kappa shape index (κ2) is 9.82. The van der Waals surface area contributed by atoms with E-state index in [0.29, 0.717) is 42.2 Å². The molecule has 7 heteroatoms. The normalized spacial score (nSPS) is 10.8. The molecule has 0 aliphatic rings. The van der Waals surface area contributed by atoms with Gasteiger partial charge in [-0.05, 0) is 43.2 Å². The predicted octanol–water partition coefficient (Wildman–Crippen LogP) is 4.03. The van der Waals surface area contributed by atoms with Gasteiger partial charge in [-0.3, -0.25) is 4.57 Å². The number of rotatable bonds is 10. The summed E-state index contributed by atoms with van der Waals surface area (Å²) in [6, 6.07) is 12.2. The number of nitrogens with zero attached hydrogens (tertiary/aromatic N) is 1. The van der Waals surface area contributed by atoms with Gasteiger partial charge in [0.25, 0.3) is 0 Å². The lowest BCUT2D eigenvalue weighted by Crippen LogP contribution is -2.16. The number of oxazole rings is 1. The Morgan fingerprint density at radius 2 is 1.90 bits per heavy atom. The third-order valence-corrected chi connectivity index (χ3v) is 4.49. The van der Waals surface area contributed by atoms with Crippen molar-refractivity contribution in [1.82, 2.24) is 4.57 Å². The predicted molar refractivity (Wildman–Crippen MR) is 109 cm³/mol. The molecule has 0 unspecified atom stereocenters. The summed E-state index contributed by atoms with van der Waals surface area (Å²) >= 11 is 0. The third kappa shape index (κ3) is 4.99. The Kier molecular flexibility index (Phi) is 6.94. The molecule has 3 rings (SSSR count). The SMILES string of the molecule is CCCCOc1ccc(C(=O)OCCCn2c(=O)oc3ccccc32)cc1OC. The minimum atomic E-state index is -0.451. The number of carbonyl (C=O) groups is 1. The molecule has 0 radical (unpaired) electrons. The van der Waals surface area contributed by atoms with Gasteiger partial charge < -0.3 is 18.6 Å². The summed E-state index contributed by atoms with van der Waals surface area (Å²) in [6.45, 7) is 3.27. The van der Waals surface area contributed by atoms with Gasteiger partial charge in [-0.1, -0.05) is 25.5 Å². The van der Waals surface area contributed by atoms with Crippen molar-refractivity contribution in [3.8, 4) is 11.5 Å². The number of aromatic nitrogens is 1. The van der Waals surface area contributed by atoms with E-state index in [1.807, 2.05) is 18.2 Å². The smallest absolute Gasteiger partial charge is 0.419 e. The van der Waals surface area contributed by atoms with Gasteiger partial charge in [-0.15, -0.1) is 0 Å². The van der Waals surface area contributed by atoms with E-state index in [2.05, 4.69) is 6.92 Å². The van der Waals surface area contributed by atoms with Crippen LogP contribution in [-0.4, -0.2) is 30.9 Å². The second-order valence-electron chi connectivity index (χ2n) is 6.54. The molecule has 1 heterocycles. The van der Waals surface area contributed by atoms with Crippen LogP contribution in [0, 0.1) is 0 Å². The summed E-state index contributed by atoms with van der Waals surface area (Å²) in [7, 11) is 1.53. The Hall–Kier alpha value is -3.22. The maximum Gasteiger partial charge on any atom is 0.419 e. The second-order valence-corrected chi connectivity index (χ2v) is 6.54. The zero-order valence-corrected chi connectivity index (χ0v) is 16.7. The number of aryl methyl sites for hydroxylation is 1.